The number of amides is 3. The normalized spacial score (nSPS) is 34.9. The van der Waals surface area contributed by atoms with E-state index in [1.165, 1.54) is 4.90 Å². The fraction of sp³-hybridized carbons (Fsp3) is 0.536. The molecule has 4 aliphatic heterocycles. The highest BCUT2D eigenvalue weighted by Gasteiger charge is 2.75. The molecule has 0 bridgehead atoms. The Labute approximate surface area is 212 Å². The quantitative estimate of drug-likeness (QED) is 0.650. The van der Waals surface area contributed by atoms with E-state index < -0.39 is 40.7 Å². The molecule has 3 amide bonds. The molecule has 192 valence electrons. The summed E-state index contributed by atoms with van der Waals surface area (Å²) in [7, 11) is 1.72. The number of carbonyl (C=O) groups excluding carboxylic acids is 3. The number of benzene rings is 1. The van der Waals surface area contributed by atoms with Gasteiger partial charge in [-0.15, -0.1) is 0 Å². The number of likely N-dealkylation sites (tertiary alicyclic amines) is 1. The minimum Gasteiger partial charge on any atom is -0.394 e. The Balaban J connectivity index is 1.73. The van der Waals surface area contributed by atoms with E-state index in [1.54, 1.807) is 16.8 Å². The number of rotatable bonds is 3. The van der Waals surface area contributed by atoms with Gasteiger partial charge in [-0.25, -0.2) is 0 Å². The van der Waals surface area contributed by atoms with Gasteiger partial charge in [0.05, 0.1) is 30.1 Å². The zero-order valence-electron chi connectivity index (χ0n) is 21.5. The highest BCUT2D eigenvalue weighted by atomic mass is 16.5. The first-order valence-corrected chi connectivity index (χ1v) is 12.6. The molecule has 2 fully saturated rings. The van der Waals surface area contributed by atoms with Gasteiger partial charge in [0.2, 0.25) is 17.7 Å². The second kappa shape index (κ2) is 8.28. The van der Waals surface area contributed by atoms with Crippen molar-refractivity contribution in [2.75, 3.05) is 26.7 Å². The zero-order chi connectivity index (χ0) is 26.0. The molecule has 8 nitrogen and oxygen atoms in total. The number of fused-ring (bicyclic) bond motifs is 2. The fourth-order valence-corrected chi connectivity index (χ4v) is 6.55. The number of nitrogens with zero attached hydrogens (tertiary/aromatic N) is 3. The van der Waals surface area contributed by atoms with Crippen LogP contribution in [0.25, 0.3) is 0 Å². The van der Waals surface area contributed by atoms with Crippen LogP contribution in [0.4, 0.5) is 0 Å². The second-order valence-electron chi connectivity index (χ2n) is 11.5. The van der Waals surface area contributed by atoms with Gasteiger partial charge in [0.25, 0.3) is 0 Å². The SMILES string of the molecule is CN1CC=C[C@@]2(C)O[C@]34C=CCN(C(C)(C)C)C(=O)C3N([C@H](CO)c3ccccc3)C(=O)[C@@H]4[C@H]2C1=O. The fourth-order valence-electron chi connectivity index (χ4n) is 6.55. The third kappa shape index (κ3) is 3.38. The van der Waals surface area contributed by atoms with Gasteiger partial charge < -0.3 is 24.5 Å². The molecule has 0 aliphatic carbocycles. The topological polar surface area (TPSA) is 90.4 Å². The summed E-state index contributed by atoms with van der Waals surface area (Å²) in [4.78, 5) is 47.3. The van der Waals surface area contributed by atoms with E-state index in [2.05, 4.69) is 0 Å². The van der Waals surface area contributed by atoms with Gasteiger partial charge in [-0.3, -0.25) is 14.4 Å². The predicted molar refractivity (Wildman–Crippen MR) is 133 cm³/mol. The largest absolute Gasteiger partial charge is 0.394 e. The smallest absolute Gasteiger partial charge is 0.249 e. The molecule has 5 rings (SSSR count). The summed E-state index contributed by atoms with van der Waals surface area (Å²) in [6, 6.07) is 7.44. The standard InChI is InChI=1S/C28H35N3O5/c1-26(2,3)30-16-10-14-28-21(20-23(33)29(5)15-9-13-27(20,4)36-28)24(34)31(22(28)25(30)35)19(17-32)18-11-7-6-8-12-18/h6-14,19-22,32H,15-17H2,1-5H3/t19-,20+,21+,22?,27-,28+/m1/s1. The monoisotopic (exact) mass is 493 g/mol. The van der Waals surface area contributed by atoms with Crippen molar-refractivity contribution in [2.45, 2.75) is 56.5 Å². The number of likely N-dealkylation sites (N-methyl/N-ethyl adjacent to an activating group) is 1. The van der Waals surface area contributed by atoms with Crippen LogP contribution in [0.15, 0.2) is 54.6 Å². The molecule has 0 radical (unpaired) electrons. The number of ether oxygens (including phenoxy) is 1. The number of hydrogen-bond acceptors (Lipinski definition) is 5. The van der Waals surface area contributed by atoms with E-state index >= 15 is 0 Å². The molecule has 36 heavy (non-hydrogen) atoms. The zero-order valence-corrected chi connectivity index (χ0v) is 21.5. The Hall–Kier alpha value is -2.97. The van der Waals surface area contributed by atoms with Gasteiger partial charge in [0.1, 0.15) is 11.6 Å². The molecule has 8 heteroatoms. The average Bonchev–Trinajstić information content (AvgIpc) is 3.09. The summed E-state index contributed by atoms with van der Waals surface area (Å²) < 4.78 is 6.80. The van der Waals surface area contributed by atoms with Crippen LogP contribution in [0.3, 0.4) is 0 Å². The first-order valence-electron chi connectivity index (χ1n) is 12.6. The van der Waals surface area contributed by atoms with Crippen molar-refractivity contribution in [1.29, 1.82) is 0 Å². The summed E-state index contributed by atoms with van der Waals surface area (Å²) in [6.45, 7) is 8.12. The molecule has 1 aromatic rings. The van der Waals surface area contributed by atoms with E-state index in [9.17, 15) is 19.5 Å². The van der Waals surface area contributed by atoms with Gasteiger partial charge in [0, 0.05) is 25.7 Å². The van der Waals surface area contributed by atoms with Crippen molar-refractivity contribution >= 4 is 17.7 Å². The Morgan fingerprint density at radius 1 is 1.00 bits per heavy atom. The van der Waals surface area contributed by atoms with Crippen molar-refractivity contribution in [3.63, 3.8) is 0 Å². The maximum Gasteiger partial charge on any atom is 0.249 e. The second-order valence-corrected chi connectivity index (χ2v) is 11.5. The lowest BCUT2D eigenvalue weighted by molar-refractivity contribution is -0.158. The van der Waals surface area contributed by atoms with E-state index in [1.807, 2.05) is 82.3 Å². The van der Waals surface area contributed by atoms with Gasteiger partial charge in [-0.1, -0.05) is 54.6 Å². The highest BCUT2D eigenvalue weighted by molar-refractivity contribution is 6.00. The molecule has 1 aromatic carbocycles. The molecule has 1 N–H and O–H groups in total. The minimum atomic E-state index is -1.34. The van der Waals surface area contributed by atoms with Crippen LogP contribution in [-0.2, 0) is 19.1 Å². The molecule has 4 aliphatic rings. The van der Waals surface area contributed by atoms with Crippen LogP contribution >= 0.6 is 0 Å². The molecule has 0 saturated carbocycles. The summed E-state index contributed by atoms with van der Waals surface area (Å²) in [6.07, 6.45) is 7.48. The maximum atomic E-state index is 14.4. The third-order valence-electron chi connectivity index (χ3n) is 8.20. The van der Waals surface area contributed by atoms with Crippen LogP contribution < -0.4 is 0 Å². The first kappa shape index (κ1) is 24.7. The Morgan fingerprint density at radius 3 is 2.31 bits per heavy atom. The maximum absolute atomic E-state index is 14.4. The highest BCUT2D eigenvalue weighted by Crippen LogP contribution is 2.58. The third-order valence-corrected chi connectivity index (χ3v) is 8.20. The average molecular weight is 494 g/mol. The van der Waals surface area contributed by atoms with Crippen LogP contribution in [0.2, 0.25) is 0 Å². The van der Waals surface area contributed by atoms with Gasteiger partial charge in [-0.05, 0) is 33.3 Å². The number of aliphatic hydroxyl groups excluding tert-OH is 1. The van der Waals surface area contributed by atoms with Crippen molar-refractivity contribution in [1.82, 2.24) is 14.7 Å². The van der Waals surface area contributed by atoms with E-state index in [-0.39, 0.29) is 24.3 Å². The first-order chi connectivity index (χ1) is 17.0. The number of hydrogen-bond donors (Lipinski definition) is 1. The lowest BCUT2D eigenvalue weighted by Gasteiger charge is -2.43. The number of aliphatic hydroxyl groups is 1. The van der Waals surface area contributed by atoms with E-state index in [4.69, 9.17) is 4.74 Å². The lowest BCUT2D eigenvalue weighted by atomic mass is 9.74. The van der Waals surface area contributed by atoms with E-state index in [0.29, 0.717) is 13.1 Å². The molecule has 1 spiro atoms. The van der Waals surface area contributed by atoms with Crippen molar-refractivity contribution in [2.24, 2.45) is 11.8 Å². The van der Waals surface area contributed by atoms with Crippen LogP contribution in [0, 0.1) is 11.8 Å². The summed E-state index contributed by atoms with van der Waals surface area (Å²) in [5.41, 5.74) is -2.17. The van der Waals surface area contributed by atoms with Crippen molar-refractivity contribution in [3.8, 4) is 0 Å². The van der Waals surface area contributed by atoms with Gasteiger partial charge >= 0.3 is 0 Å². The van der Waals surface area contributed by atoms with Crippen LogP contribution in [0.1, 0.15) is 39.3 Å². The van der Waals surface area contributed by atoms with Crippen molar-refractivity contribution in [3.05, 3.63) is 60.2 Å². The molecule has 2 saturated heterocycles. The van der Waals surface area contributed by atoms with E-state index in [0.717, 1.165) is 5.56 Å². The Bertz CT molecular complexity index is 1140. The molecule has 6 atom stereocenters. The molecule has 1 unspecified atom stereocenters. The molecule has 0 aromatic heterocycles. The predicted octanol–water partition coefficient (Wildman–Crippen LogP) is 1.92. The summed E-state index contributed by atoms with van der Waals surface area (Å²) in [5, 5.41) is 10.5. The molecular formula is C28H35N3O5. The minimum absolute atomic E-state index is 0.184. The number of carbonyl (C=O) groups is 3. The lowest BCUT2D eigenvalue weighted by Crippen LogP contribution is -2.59. The Kier molecular flexibility index (Phi) is 5.68. The van der Waals surface area contributed by atoms with Crippen molar-refractivity contribution < 1.29 is 24.2 Å². The van der Waals surface area contributed by atoms with Gasteiger partial charge in [0.15, 0.2) is 0 Å². The van der Waals surface area contributed by atoms with Gasteiger partial charge in [-0.2, -0.15) is 0 Å². The molecular weight excluding hydrogens is 458 g/mol. The van der Waals surface area contributed by atoms with Crippen LogP contribution in [0.5, 0.6) is 0 Å². The molecule has 4 heterocycles. The summed E-state index contributed by atoms with van der Waals surface area (Å²) >= 11 is 0. The summed E-state index contributed by atoms with van der Waals surface area (Å²) in [5.74, 6) is -2.47. The van der Waals surface area contributed by atoms with Crippen LogP contribution in [-0.4, -0.2) is 87.1 Å². The Morgan fingerprint density at radius 2 is 1.67 bits per heavy atom.